The fourth-order valence-electron chi connectivity index (χ4n) is 3.56. The Morgan fingerprint density at radius 3 is 2.34 bits per heavy atom. The number of benzene rings is 2. The van der Waals surface area contributed by atoms with E-state index in [1.807, 2.05) is 48.5 Å². The Morgan fingerprint density at radius 2 is 1.69 bits per heavy atom. The summed E-state index contributed by atoms with van der Waals surface area (Å²) < 4.78 is 17.1. The van der Waals surface area contributed by atoms with Gasteiger partial charge in [0, 0.05) is 17.3 Å². The number of para-hydroxylation sites is 1. The van der Waals surface area contributed by atoms with Crippen LogP contribution in [0.2, 0.25) is 0 Å². The Bertz CT molecular complexity index is 904. The molecule has 3 rings (SSSR count). The summed E-state index contributed by atoms with van der Waals surface area (Å²) in [4.78, 5) is 27.3. The summed E-state index contributed by atoms with van der Waals surface area (Å²) in [5.74, 6) is 0.906. The third-order valence-electron chi connectivity index (χ3n) is 5.28. The van der Waals surface area contributed by atoms with Gasteiger partial charge in [-0.2, -0.15) is 0 Å². The van der Waals surface area contributed by atoms with E-state index >= 15 is 0 Å². The lowest BCUT2D eigenvalue weighted by atomic mass is 9.99. The topological polar surface area (TPSA) is 65.1 Å². The Labute approximate surface area is 194 Å². The van der Waals surface area contributed by atoms with Crippen LogP contribution in [0.3, 0.4) is 0 Å². The van der Waals surface area contributed by atoms with E-state index < -0.39 is 17.3 Å². The summed E-state index contributed by atoms with van der Waals surface area (Å²) in [7, 11) is 1.35. The van der Waals surface area contributed by atoms with Gasteiger partial charge in [-0.3, -0.25) is 14.5 Å². The van der Waals surface area contributed by atoms with Gasteiger partial charge in [-0.05, 0) is 48.9 Å². The van der Waals surface area contributed by atoms with Gasteiger partial charge in [-0.25, -0.2) is 0 Å². The normalized spacial score (nSPS) is 18.0. The number of ether oxygens (including phenoxy) is 3. The molecule has 1 amide bonds. The van der Waals surface area contributed by atoms with Gasteiger partial charge in [-0.15, -0.1) is 0 Å². The third-order valence-corrected chi connectivity index (χ3v) is 6.39. The van der Waals surface area contributed by atoms with E-state index in [0.717, 1.165) is 48.7 Å². The number of anilines is 1. The van der Waals surface area contributed by atoms with Crippen LogP contribution in [0.5, 0.6) is 11.5 Å². The average Bonchev–Trinajstić information content (AvgIpc) is 3.16. The second kappa shape index (κ2) is 11.8. The lowest BCUT2D eigenvalue weighted by molar-refractivity contribution is -0.140. The molecule has 2 atom stereocenters. The van der Waals surface area contributed by atoms with Crippen molar-refractivity contribution in [2.75, 3.05) is 25.2 Å². The predicted molar refractivity (Wildman–Crippen MR) is 128 cm³/mol. The number of nitrogens with zero attached hydrogens (tertiary/aromatic N) is 1. The van der Waals surface area contributed by atoms with Crippen LogP contribution in [0.15, 0.2) is 48.5 Å². The van der Waals surface area contributed by atoms with Gasteiger partial charge >= 0.3 is 5.97 Å². The predicted octanol–water partition coefficient (Wildman–Crippen LogP) is 6.00. The third kappa shape index (κ3) is 5.57. The number of hydrogen-bond donors (Lipinski definition) is 0. The number of carbonyl (C=O) groups is 2. The summed E-state index contributed by atoms with van der Waals surface area (Å²) in [5, 5.41) is -0.896. The molecule has 0 saturated carbocycles. The minimum Gasteiger partial charge on any atom is -0.493 e. The maximum absolute atomic E-state index is 13.0. The van der Waals surface area contributed by atoms with Crippen molar-refractivity contribution in [2.24, 2.45) is 0 Å². The summed E-state index contributed by atoms with van der Waals surface area (Å²) >= 11 is 0.988. The van der Waals surface area contributed by atoms with E-state index in [1.54, 1.807) is 4.90 Å². The van der Waals surface area contributed by atoms with Crippen LogP contribution in [0, 0.1) is 0 Å². The molecule has 1 saturated heterocycles. The molecule has 6 nitrogen and oxygen atoms in total. The molecule has 0 bridgehead atoms. The zero-order chi connectivity index (χ0) is 22.9. The van der Waals surface area contributed by atoms with Crippen LogP contribution < -0.4 is 14.4 Å². The first-order valence-electron chi connectivity index (χ1n) is 11.1. The SMILES string of the molecule is CCCCOc1ccc([C@@H]2[C@@H](C(=O)OC)SC(=O)N2c2ccccc2)c(OCCCC)c1. The molecule has 0 radical (unpaired) electrons. The monoisotopic (exact) mass is 457 g/mol. The van der Waals surface area contributed by atoms with E-state index in [0.29, 0.717) is 24.7 Å². The van der Waals surface area contributed by atoms with Crippen LogP contribution in [0.25, 0.3) is 0 Å². The molecule has 32 heavy (non-hydrogen) atoms. The molecule has 1 heterocycles. The molecule has 2 aromatic rings. The van der Waals surface area contributed by atoms with Crippen molar-refractivity contribution in [1.82, 2.24) is 0 Å². The average molecular weight is 458 g/mol. The van der Waals surface area contributed by atoms with E-state index in [-0.39, 0.29) is 5.24 Å². The fraction of sp³-hybridized carbons (Fsp3) is 0.440. The van der Waals surface area contributed by atoms with Crippen LogP contribution in [0.1, 0.15) is 51.1 Å². The minimum absolute atomic E-state index is 0.195. The van der Waals surface area contributed by atoms with Gasteiger partial charge in [0.05, 0.1) is 26.4 Å². The summed E-state index contributed by atoms with van der Waals surface area (Å²) in [6.45, 7) is 5.39. The Morgan fingerprint density at radius 1 is 1.00 bits per heavy atom. The standard InChI is InChI=1S/C25H31NO5S/c1-4-6-15-30-19-13-14-20(21(17-19)31-16-7-5-2)22-23(24(27)29-3)32-25(28)26(22)18-11-9-8-10-12-18/h8-14,17,22-23H,4-7,15-16H2,1-3H3/t22-,23+/m1/s1. The van der Waals surface area contributed by atoms with Gasteiger partial charge in [0.2, 0.25) is 0 Å². The van der Waals surface area contributed by atoms with Crippen LogP contribution in [-0.4, -0.2) is 36.8 Å². The van der Waals surface area contributed by atoms with Crippen LogP contribution >= 0.6 is 11.8 Å². The Hall–Kier alpha value is -2.67. The van der Waals surface area contributed by atoms with Gasteiger partial charge in [0.1, 0.15) is 16.7 Å². The first kappa shape index (κ1) is 24.0. The number of amides is 1. The largest absolute Gasteiger partial charge is 0.493 e. The first-order chi connectivity index (χ1) is 15.6. The number of unbranched alkanes of at least 4 members (excludes halogenated alkanes) is 2. The van der Waals surface area contributed by atoms with Gasteiger partial charge in [0.25, 0.3) is 5.24 Å². The number of thioether (sulfide) groups is 1. The van der Waals surface area contributed by atoms with Crippen LogP contribution in [0.4, 0.5) is 10.5 Å². The molecular formula is C25H31NO5S. The molecule has 1 fully saturated rings. The molecular weight excluding hydrogens is 426 g/mol. The lowest BCUT2D eigenvalue weighted by Crippen LogP contribution is -2.33. The van der Waals surface area contributed by atoms with Crippen molar-refractivity contribution in [2.45, 2.75) is 50.8 Å². The van der Waals surface area contributed by atoms with Gasteiger partial charge < -0.3 is 14.2 Å². The lowest BCUT2D eigenvalue weighted by Gasteiger charge is -2.28. The Balaban J connectivity index is 2.03. The van der Waals surface area contributed by atoms with E-state index in [1.165, 1.54) is 7.11 Å². The molecule has 0 aromatic heterocycles. The van der Waals surface area contributed by atoms with Crippen molar-refractivity contribution in [3.8, 4) is 11.5 Å². The van der Waals surface area contributed by atoms with Crippen molar-refractivity contribution >= 4 is 28.7 Å². The molecule has 0 spiro atoms. The molecule has 0 N–H and O–H groups in total. The highest BCUT2D eigenvalue weighted by Gasteiger charge is 2.48. The van der Waals surface area contributed by atoms with E-state index in [9.17, 15) is 9.59 Å². The van der Waals surface area contributed by atoms with E-state index in [2.05, 4.69) is 13.8 Å². The highest BCUT2D eigenvalue weighted by atomic mass is 32.2. The second-order valence-corrected chi connectivity index (χ2v) is 8.67. The number of rotatable bonds is 11. The van der Waals surface area contributed by atoms with Gasteiger partial charge in [-0.1, -0.05) is 44.9 Å². The minimum atomic E-state index is -0.701. The summed E-state index contributed by atoms with van der Waals surface area (Å²) in [5.41, 5.74) is 1.49. The smallest absolute Gasteiger partial charge is 0.321 e. The molecule has 0 unspecified atom stereocenters. The molecule has 7 heteroatoms. The number of methoxy groups -OCH3 is 1. The highest BCUT2D eigenvalue weighted by Crippen LogP contribution is 2.47. The quantitative estimate of drug-likeness (QED) is 0.305. The summed E-state index contributed by atoms with van der Waals surface area (Å²) in [6.07, 6.45) is 3.92. The molecule has 1 aliphatic heterocycles. The fourth-order valence-corrected chi connectivity index (χ4v) is 4.70. The number of carbonyl (C=O) groups excluding carboxylic acids is 2. The molecule has 2 aromatic carbocycles. The Kier molecular flexibility index (Phi) is 8.85. The van der Waals surface area contributed by atoms with Crippen molar-refractivity contribution in [1.29, 1.82) is 0 Å². The van der Waals surface area contributed by atoms with Gasteiger partial charge in [0.15, 0.2) is 0 Å². The zero-order valence-corrected chi connectivity index (χ0v) is 19.7. The second-order valence-electron chi connectivity index (χ2n) is 7.58. The highest BCUT2D eigenvalue weighted by molar-refractivity contribution is 8.15. The maximum Gasteiger partial charge on any atom is 0.321 e. The first-order valence-corrected chi connectivity index (χ1v) is 12.0. The van der Waals surface area contributed by atoms with E-state index in [4.69, 9.17) is 14.2 Å². The molecule has 1 aliphatic rings. The molecule has 0 aliphatic carbocycles. The van der Waals surface area contributed by atoms with Crippen molar-refractivity contribution in [3.05, 3.63) is 54.1 Å². The summed E-state index contributed by atoms with van der Waals surface area (Å²) in [6, 6.07) is 14.5. The number of esters is 1. The number of hydrogen-bond acceptors (Lipinski definition) is 6. The van der Waals surface area contributed by atoms with Crippen LogP contribution in [-0.2, 0) is 9.53 Å². The zero-order valence-electron chi connectivity index (χ0n) is 18.9. The van der Waals surface area contributed by atoms with Crippen molar-refractivity contribution < 1.29 is 23.8 Å². The molecule has 172 valence electrons. The maximum atomic E-state index is 13.0. The van der Waals surface area contributed by atoms with Crippen molar-refractivity contribution in [3.63, 3.8) is 0 Å².